The lowest BCUT2D eigenvalue weighted by Gasteiger charge is -2.16. The molecule has 0 spiro atoms. The number of ketones is 1. The third kappa shape index (κ3) is 4.37. The van der Waals surface area contributed by atoms with Gasteiger partial charge in [-0.25, -0.2) is 9.97 Å². The van der Waals surface area contributed by atoms with Gasteiger partial charge in [-0.3, -0.25) is 4.79 Å². The van der Waals surface area contributed by atoms with Gasteiger partial charge in [0.05, 0.1) is 31.3 Å². The van der Waals surface area contributed by atoms with Gasteiger partial charge in [0.2, 0.25) is 0 Å². The third-order valence-electron chi connectivity index (χ3n) is 6.70. The summed E-state index contributed by atoms with van der Waals surface area (Å²) in [5.41, 5.74) is 6.35. The van der Waals surface area contributed by atoms with Crippen LogP contribution in [0.4, 0.5) is 0 Å². The molecule has 3 aromatic heterocycles. The predicted octanol–water partition coefficient (Wildman–Crippen LogP) is 8.69. The molecule has 0 fully saturated rings. The van der Waals surface area contributed by atoms with E-state index in [9.17, 15) is 4.79 Å². The average Bonchev–Trinajstić information content (AvgIpc) is 3.57. The number of pyridine rings is 1. The first-order valence-electron chi connectivity index (χ1n) is 12.3. The Hall–Kier alpha value is -3.06. The SMILES string of the molecule is CCCCc1nc(Cl)c(-c2cc(-c3ccc(Br)s3)nc3c2C(=O)c2ccccc2-3)n1Cc1ccccc1. The van der Waals surface area contributed by atoms with Crippen LogP contribution in [0.5, 0.6) is 0 Å². The number of fused-ring (bicyclic) bond motifs is 3. The molecule has 0 radical (unpaired) electrons. The van der Waals surface area contributed by atoms with Gasteiger partial charge in [0.1, 0.15) is 5.82 Å². The van der Waals surface area contributed by atoms with Gasteiger partial charge in [0.15, 0.2) is 10.9 Å². The lowest BCUT2D eigenvalue weighted by molar-refractivity contribution is 0.104. The number of hydrogen-bond acceptors (Lipinski definition) is 4. The molecular weight excluding hydrogens is 566 g/mol. The smallest absolute Gasteiger partial charge is 0.196 e. The summed E-state index contributed by atoms with van der Waals surface area (Å²) in [7, 11) is 0. The molecule has 0 unspecified atom stereocenters. The molecule has 5 aromatic rings. The molecule has 0 saturated heterocycles. The second kappa shape index (κ2) is 10.0. The van der Waals surface area contributed by atoms with Gasteiger partial charge in [-0.15, -0.1) is 11.3 Å². The summed E-state index contributed by atoms with van der Waals surface area (Å²) >= 11 is 12.1. The fourth-order valence-electron chi connectivity index (χ4n) is 4.94. The van der Waals surface area contributed by atoms with E-state index in [0.717, 1.165) is 61.8 Å². The maximum Gasteiger partial charge on any atom is 0.196 e. The monoisotopic (exact) mass is 587 g/mol. The van der Waals surface area contributed by atoms with Crippen LogP contribution in [-0.4, -0.2) is 20.3 Å². The zero-order valence-corrected chi connectivity index (χ0v) is 23.3. The molecule has 0 N–H and O–H groups in total. The Balaban J connectivity index is 1.62. The van der Waals surface area contributed by atoms with Gasteiger partial charge in [0, 0.05) is 29.7 Å². The number of nitrogens with zero attached hydrogens (tertiary/aromatic N) is 3. The quantitative estimate of drug-likeness (QED) is 0.187. The molecule has 0 atom stereocenters. The Morgan fingerprint density at radius 3 is 2.43 bits per heavy atom. The first-order chi connectivity index (χ1) is 18.0. The van der Waals surface area contributed by atoms with E-state index in [1.165, 1.54) is 0 Å². The molecule has 1 aliphatic carbocycles. The summed E-state index contributed by atoms with van der Waals surface area (Å²) in [6.07, 6.45) is 2.88. The van der Waals surface area contributed by atoms with E-state index in [1.807, 2.05) is 60.7 Å². The van der Waals surface area contributed by atoms with Crippen molar-refractivity contribution in [2.45, 2.75) is 32.7 Å². The highest BCUT2D eigenvalue weighted by atomic mass is 79.9. The maximum absolute atomic E-state index is 13.8. The summed E-state index contributed by atoms with van der Waals surface area (Å²) in [5.74, 6) is 0.908. The molecule has 37 heavy (non-hydrogen) atoms. The Bertz CT molecular complexity index is 1640. The number of carbonyl (C=O) groups excluding carboxylic acids is 1. The molecule has 0 bridgehead atoms. The first kappa shape index (κ1) is 24.3. The summed E-state index contributed by atoms with van der Waals surface area (Å²) in [6, 6.07) is 24.1. The first-order valence-corrected chi connectivity index (χ1v) is 14.3. The molecule has 0 amide bonds. The Morgan fingerprint density at radius 1 is 0.946 bits per heavy atom. The van der Waals surface area contributed by atoms with Gasteiger partial charge in [-0.2, -0.15) is 0 Å². The second-order valence-electron chi connectivity index (χ2n) is 9.10. The van der Waals surface area contributed by atoms with Crippen LogP contribution >= 0.6 is 38.9 Å². The molecule has 4 nitrogen and oxygen atoms in total. The maximum atomic E-state index is 13.8. The molecule has 184 valence electrons. The molecule has 3 heterocycles. The Kier molecular flexibility index (Phi) is 6.57. The van der Waals surface area contributed by atoms with E-state index in [4.69, 9.17) is 21.6 Å². The van der Waals surface area contributed by atoms with Crippen molar-refractivity contribution in [2.75, 3.05) is 0 Å². The summed E-state index contributed by atoms with van der Waals surface area (Å²) < 4.78 is 3.21. The molecule has 0 saturated carbocycles. The number of halogens is 2. The normalized spacial score (nSPS) is 12.1. The minimum atomic E-state index is -0.0225. The van der Waals surface area contributed by atoms with Gasteiger partial charge in [-0.1, -0.05) is 79.5 Å². The molecular formula is C30H23BrClN3OS. The summed E-state index contributed by atoms with van der Waals surface area (Å²) in [4.78, 5) is 24.6. The fourth-order valence-corrected chi connectivity index (χ4v) is 6.59. The number of carbonyl (C=O) groups is 1. The van der Waals surface area contributed by atoms with Gasteiger partial charge in [0.25, 0.3) is 0 Å². The predicted molar refractivity (Wildman–Crippen MR) is 155 cm³/mol. The van der Waals surface area contributed by atoms with E-state index < -0.39 is 0 Å². The topological polar surface area (TPSA) is 47.8 Å². The highest BCUT2D eigenvalue weighted by Gasteiger charge is 2.34. The highest BCUT2D eigenvalue weighted by Crippen LogP contribution is 2.45. The number of imidazole rings is 1. The van der Waals surface area contributed by atoms with E-state index in [0.29, 0.717) is 28.5 Å². The van der Waals surface area contributed by atoms with Crippen molar-refractivity contribution in [3.8, 4) is 33.1 Å². The number of thiophene rings is 1. The van der Waals surface area contributed by atoms with Crippen LogP contribution in [0.25, 0.3) is 33.1 Å². The van der Waals surface area contributed by atoms with Crippen molar-refractivity contribution in [1.29, 1.82) is 0 Å². The fraction of sp³-hybridized carbons (Fsp3) is 0.167. The van der Waals surface area contributed by atoms with Crippen LogP contribution < -0.4 is 0 Å². The summed E-state index contributed by atoms with van der Waals surface area (Å²) in [5, 5.41) is 0.414. The van der Waals surface area contributed by atoms with Crippen molar-refractivity contribution >= 4 is 44.7 Å². The van der Waals surface area contributed by atoms with Gasteiger partial charge < -0.3 is 4.57 Å². The van der Waals surface area contributed by atoms with Crippen molar-refractivity contribution in [3.63, 3.8) is 0 Å². The van der Waals surface area contributed by atoms with Crippen LogP contribution in [0.15, 0.2) is 76.6 Å². The van der Waals surface area contributed by atoms with E-state index in [2.05, 4.69) is 39.6 Å². The van der Waals surface area contributed by atoms with Crippen LogP contribution in [0, 0.1) is 0 Å². The number of hydrogen-bond donors (Lipinski definition) is 0. The van der Waals surface area contributed by atoms with Crippen molar-refractivity contribution < 1.29 is 4.79 Å². The third-order valence-corrected chi connectivity index (χ3v) is 8.61. The van der Waals surface area contributed by atoms with Crippen molar-refractivity contribution in [3.05, 3.63) is 104 Å². The van der Waals surface area contributed by atoms with E-state index in [-0.39, 0.29) is 5.78 Å². The second-order valence-corrected chi connectivity index (χ2v) is 11.9. The zero-order chi connectivity index (χ0) is 25.5. The van der Waals surface area contributed by atoms with Crippen LogP contribution in [-0.2, 0) is 13.0 Å². The Labute approximate surface area is 233 Å². The summed E-state index contributed by atoms with van der Waals surface area (Å²) in [6.45, 7) is 2.79. The van der Waals surface area contributed by atoms with Crippen LogP contribution in [0.1, 0.15) is 47.1 Å². The van der Waals surface area contributed by atoms with Crippen LogP contribution in [0.2, 0.25) is 5.15 Å². The minimum absolute atomic E-state index is 0.0225. The lowest BCUT2D eigenvalue weighted by Crippen LogP contribution is -2.09. The standard InChI is InChI=1S/C30H23BrClN3OS/c1-2-3-13-25-34-30(32)28(35(25)17-18-9-5-4-6-10-18)21-16-22(23-14-15-24(31)37-23)33-27-19-11-7-8-12-20(19)29(36)26(21)27/h4-12,14-16H,2-3,13,17H2,1H3. The molecule has 7 heteroatoms. The Morgan fingerprint density at radius 2 is 1.70 bits per heavy atom. The lowest BCUT2D eigenvalue weighted by atomic mass is 10.0. The van der Waals surface area contributed by atoms with E-state index >= 15 is 0 Å². The number of benzene rings is 2. The highest BCUT2D eigenvalue weighted by molar-refractivity contribution is 9.11. The number of unbranched alkanes of at least 4 members (excludes halogenated alkanes) is 1. The number of aryl methyl sites for hydroxylation is 1. The molecule has 0 aliphatic heterocycles. The minimum Gasteiger partial charge on any atom is -0.322 e. The van der Waals surface area contributed by atoms with Crippen molar-refractivity contribution in [2.24, 2.45) is 0 Å². The number of rotatable bonds is 7. The van der Waals surface area contributed by atoms with Gasteiger partial charge in [-0.05, 0) is 46.1 Å². The molecule has 2 aromatic carbocycles. The van der Waals surface area contributed by atoms with Crippen molar-refractivity contribution in [1.82, 2.24) is 14.5 Å². The zero-order valence-electron chi connectivity index (χ0n) is 20.2. The van der Waals surface area contributed by atoms with Gasteiger partial charge >= 0.3 is 0 Å². The van der Waals surface area contributed by atoms with E-state index in [1.54, 1.807) is 11.3 Å². The molecule has 1 aliphatic rings. The molecule has 6 rings (SSSR count). The van der Waals surface area contributed by atoms with Crippen LogP contribution in [0.3, 0.4) is 0 Å². The largest absolute Gasteiger partial charge is 0.322 e. The number of aromatic nitrogens is 3. The average molecular weight is 589 g/mol.